The van der Waals surface area contributed by atoms with Crippen LogP contribution in [0.1, 0.15) is 25.7 Å². The summed E-state index contributed by atoms with van der Waals surface area (Å²) in [7, 11) is 1.84. The molecule has 0 spiro atoms. The van der Waals surface area contributed by atoms with Gasteiger partial charge in [0.05, 0.1) is 18.8 Å². The molecule has 2 atom stereocenters. The zero-order valence-electron chi connectivity index (χ0n) is 10.3. The molecule has 0 saturated carbocycles. The van der Waals surface area contributed by atoms with E-state index in [2.05, 4.69) is 17.2 Å². The molecule has 5 heteroatoms. The maximum atomic E-state index is 12.2. The van der Waals surface area contributed by atoms with Gasteiger partial charge in [0.15, 0.2) is 0 Å². The van der Waals surface area contributed by atoms with Crippen molar-refractivity contribution in [1.82, 2.24) is 15.2 Å². The number of carbonyl (C=O) groups is 1. The van der Waals surface area contributed by atoms with Gasteiger partial charge < -0.3 is 14.6 Å². The van der Waals surface area contributed by atoms with Crippen molar-refractivity contribution in [2.75, 3.05) is 13.6 Å². The maximum absolute atomic E-state index is 12.2. The number of hydrogen-bond acceptors (Lipinski definition) is 4. The Morgan fingerprint density at radius 1 is 1.65 bits per heavy atom. The second-order valence-corrected chi connectivity index (χ2v) is 4.66. The third-order valence-corrected chi connectivity index (χ3v) is 3.30. The minimum absolute atomic E-state index is 0.0811. The molecule has 1 aromatic rings. The predicted molar refractivity (Wildman–Crippen MR) is 63.2 cm³/mol. The number of rotatable bonds is 3. The molecule has 1 saturated heterocycles. The van der Waals surface area contributed by atoms with E-state index in [0.717, 1.165) is 19.4 Å². The van der Waals surface area contributed by atoms with Gasteiger partial charge in [-0.05, 0) is 25.8 Å². The highest BCUT2D eigenvalue weighted by molar-refractivity contribution is 5.82. The summed E-state index contributed by atoms with van der Waals surface area (Å²) in [4.78, 5) is 18.1. The van der Waals surface area contributed by atoms with E-state index >= 15 is 0 Å². The highest BCUT2D eigenvalue weighted by atomic mass is 16.3. The SMILES string of the molecule is CNC1CC(C)CCN(Cc2ncco2)C1=O. The average molecular weight is 237 g/mol. The van der Waals surface area contributed by atoms with Gasteiger partial charge in [0.2, 0.25) is 11.8 Å². The largest absolute Gasteiger partial charge is 0.447 e. The van der Waals surface area contributed by atoms with E-state index in [1.54, 1.807) is 6.20 Å². The number of oxazole rings is 1. The second kappa shape index (κ2) is 5.31. The van der Waals surface area contributed by atoms with Crippen LogP contribution in [0.3, 0.4) is 0 Å². The van der Waals surface area contributed by atoms with E-state index in [9.17, 15) is 4.79 Å². The topological polar surface area (TPSA) is 58.4 Å². The molecule has 2 heterocycles. The van der Waals surface area contributed by atoms with E-state index in [1.807, 2.05) is 11.9 Å². The van der Waals surface area contributed by atoms with Crippen LogP contribution in [-0.4, -0.2) is 35.4 Å². The van der Waals surface area contributed by atoms with Crippen LogP contribution >= 0.6 is 0 Å². The molecule has 2 unspecified atom stereocenters. The number of nitrogens with zero attached hydrogens (tertiary/aromatic N) is 2. The van der Waals surface area contributed by atoms with Gasteiger partial charge >= 0.3 is 0 Å². The molecular formula is C12H19N3O2. The first-order valence-corrected chi connectivity index (χ1v) is 6.05. The molecule has 94 valence electrons. The van der Waals surface area contributed by atoms with Crippen LogP contribution in [-0.2, 0) is 11.3 Å². The first-order valence-electron chi connectivity index (χ1n) is 6.05. The van der Waals surface area contributed by atoms with Gasteiger partial charge in [0, 0.05) is 6.54 Å². The average Bonchev–Trinajstić information content (AvgIpc) is 2.78. The summed E-state index contributed by atoms with van der Waals surface area (Å²) in [5.41, 5.74) is 0. The van der Waals surface area contributed by atoms with E-state index in [-0.39, 0.29) is 11.9 Å². The van der Waals surface area contributed by atoms with E-state index in [1.165, 1.54) is 6.26 Å². The highest BCUT2D eigenvalue weighted by Crippen LogP contribution is 2.19. The van der Waals surface area contributed by atoms with Gasteiger partial charge in [-0.15, -0.1) is 0 Å². The Hall–Kier alpha value is -1.36. The fourth-order valence-electron chi connectivity index (χ4n) is 2.22. The first kappa shape index (κ1) is 12.1. The van der Waals surface area contributed by atoms with Crippen molar-refractivity contribution in [2.24, 2.45) is 5.92 Å². The van der Waals surface area contributed by atoms with Gasteiger partial charge in [-0.25, -0.2) is 4.98 Å². The number of amides is 1. The van der Waals surface area contributed by atoms with Crippen molar-refractivity contribution >= 4 is 5.91 Å². The third kappa shape index (κ3) is 2.85. The molecule has 1 amide bonds. The summed E-state index contributed by atoms with van der Waals surface area (Å²) in [6, 6.07) is -0.0811. The number of likely N-dealkylation sites (N-methyl/N-ethyl adjacent to an activating group) is 1. The molecule has 2 rings (SSSR count). The van der Waals surface area contributed by atoms with Crippen LogP contribution < -0.4 is 5.32 Å². The molecule has 17 heavy (non-hydrogen) atoms. The Morgan fingerprint density at radius 2 is 2.47 bits per heavy atom. The smallest absolute Gasteiger partial charge is 0.240 e. The van der Waals surface area contributed by atoms with Gasteiger partial charge in [-0.1, -0.05) is 6.92 Å². The minimum atomic E-state index is -0.0811. The Bertz CT molecular complexity index is 364. The van der Waals surface area contributed by atoms with Crippen LogP contribution in [0.15, 0.2) is 16.9 Å². The molecule has 0 bridgehead atoms. The number of nitrogens with one attached hydrogen (secondary N) is 1. The molecule has 0 aromatic carbocycles. The molecule has 1 aliphatic heterocycles. The molecule has 1 aromatic heterocycles. The lowest BCUT2D eigenvalue weighted by atomic mass is 10.0. The van der Waals surface area contributed by atoms with Gasteiger partial charge in [0.25, 0.3) is 0 Å². The Morgan fingerprint density at radius 3 is 3.12 bits per heavy atom. The summed E-state index contributed by atoms with van der Waals surface area (Å²) >= 11 is 0. The summed E-state index contributed by atoms with van der Waals surface area (Å²) in [5, 5.41) is 3.09. The Labute approximate surface area is 101 Å². The van der Waals surface area contributed by atoms with Crippen LogP contribution in [0.4, 0.5) is 0 Å². The number of likely N-dealkylation sites (tertiary alicyclic amines) is 1. The molecule has 0 aliphatic carbocycles. The zero-order chi connectivity index (χ0) is 12.3. The molecular weight excluding hydrogens is 218 g/mol. The molecule has 1 N–H and O–H groups in total. The summed E-state index contributed by atoms with van der Waals surface area (Å²) in [6.07, 6.45) is 5.08. The van der Waals surface area contributed by atoms with Gasteiger partial charge in [-0.3, -0.25) is 4.79 Å². The fraction of sp³-hybridized carbons (Fsp3) is 0.667. The number of aromatic nitrogens is 1. The van der Waals surface area contributed by atoms with Crippen LogP contribution in [0.2, 0.25) is 0 Å². The summed E-state index contributed by atoms with van der Waals surface area (Å²) in [6.45, 7) is 3.43. The standard InChI is InChI=1S/C12H19N3O2/c1-9-3-5-15(8-11-14-4-6-17-11)12(16)10(7-9)13-2/h4,6,9-10,13H,3,5,7-8H2,1-2H3. The van der Waals surface area contributed by atoms with Crippen LogP contribution in [0, 0.1) is 5.92 Å². The molecule has 5 nitrogen and oxygen atoms in total. The van der Waals surface area contributed by atoms with E-state index < -0.39 is 0 Å². The normalized spacial score (nSPS) is 26.0. The lowest BCUT2D eigenvalue weighted by Gasteiger charge is -2.22. The lowest BCUT2D eigenvalue weighted by Crippen LogP contribution is -2.43. The van der Waals surface area contributed by atoms with Crippen molar-refractivity contribution in [3.05, 3.63) is 18.4 Å². The molecule has 1 fully saturated rings. The quantitative estimate of drug-likeness (QED) is 0.852. The zero-order valence-corrected chi connectivity index (χ0v) is 10.3. The van der Waals surface area contributed by atoms with Crippen molar-refractivity contribution < 1.29 is 9.21 Å². The van der Waals surface area contributed by atoms with E-state index in [0.29, 0.717) is 18.4 Å². The molecule has 1 aliphatic rings. The summed E-state index contributed by atoms with van der Waals surface area (Å²) < 4.78 is 5.20. The highest BCUT2D eigenvalue weighted by Gasteiger charge is 2.29. The Balaban J connectivity index is 2.07. The van der Waals surface area contributed by atoms with Gasteiger partial charge in [0.1, 0.15) is 6.26 Å². The van der Waals surface area contributed by atoms with Crippen molar-refractivity contribution in [3.8, 4) is 0 Å². The van der Waals surface area contributed by atoms with Crippen molar-refractivity contribution in [3.63, 3.8) is 0 Å². The lowest BCUT2D eigenvalue weighted by molar-refractivity contribution is -0.133. The summed E-state index contributed by atoms with van der Waals surface area (Å²) in [5.74, 6) is 1.31. The third-order valence-electron chi connectivity index (χ3n) is 3.30. The van der Waals surface area contributed by atoms with Crippen molar-refractivity contribution in [2.45, 2.75) is 32.4 Å². The first-order chi connectivity index (χ1) is 8.20. The van der Waals surface area contributed by atoms with Crippen molar-refractivity contribution in [1.29, 1.82) is 0 Å². The second-order valence-electron chi connectivity index (χ2n) is 4.66. The Kier molecular flexibility index (Phi) is 3.78. The van der Waals surface area contributed by atoms with E-state index in [4.69, 9.17) is 4.42 Å². The van der Waals surface area contributed by atoms with Gasteiger partial charge in [-0.2, -0.15) is 0 Å². The minimum Gasteiger partial charge on any atom is -0.447 e. The van der Waals surface area contributed by atoms with Crippen LogP contribution in [0.5, 0.6) is 0 Å². The number of hydrogen-bond donors (Lipinski definition) is 1. The number of carbonyl (C=O) groups excluding carboxylic acids is 1. The monoisotopic (exact) mass is 237 g/mol. The van der Waals surface area contributed by atoms with Crippen LogP contribution in [0.25, 0.3) is 0 Å². The molecule has 0 radical (unpaired) electrons. The predicted octanol–water partition coefficient (Wildman–Crippen LogP) is 1.02. The maximum Gasteiger partial charge on any atom is 0.240 e. The fourth-order valence-corrected chi connectivity index (χ4v) is 2.22.